The number of nitrogens with one attached hydrogen (secondary N) is 1. The van der Waals surface area contributed by atoms with Gasteiger partial charge in [0.25, 0.3) is 0 Å². The molecule has 2 nitrogen and oxygen atoms in total. The minimum atomic E-state index is 1.00. The van der Waals surface area contributed by atoms with Crippen molar-refractivity contribution in [3.05, 3.63) is 91.1 Å². The van der Waals surface area contributed by atoms with Crippen LogP contribution in [-0.4, -0.2) is 9.97 Å². The van der Waals surface area contributed by atoms with Crippen molar-refractivity contribution in [3.63, 3.8) is 0 Å². The molecule has 7 rings (SSSR count). The zero-order valence-electron chi connectivity index (χ0n) is 16.0. The highest BCUT2D eigenvalue weighted by Crippen LogP contribution is 2.40. The number of H-pyrrole nitrogens is 1. The summed E-state index contributed by atoms with van der Waals surface area (Å²) >= 11 is 1.87. The number of fused-ring (bicyclic) bond motifs is 8. The monoisotopic (exact) mass is 400 g/mol. The Morgan fingerprint density at radius 3 is 2.47 bits per heavy atom. The summed E-state index contributed by atoms with van der Waals surface area (Å²) in [5.74, 6) is 0. The molecule has 1 N–H and O–H groups in total. The topological polar surface area (TPSA) is 28.7 Å². The lowest BCUT2D eigenvalue weighted by Gasteiger charge is -2.03. The molecule has 0 saturated heterocycles. The first-order chi connectivity index (χ1) is 14.8. The molecule has 0 bridgehead atoms. The lowest BCUT2D eigenvalue weighted by molar-refractivity contribution is 1.33. The first kappa shape index (κ1) is 16.1. The predicted molar refractivity (Wildman–Crippen MR) is 129 cm³/mol. The number of hydrogen-bond donors (Lipinski definition) is 1. The van der Waals surface area contributed by atoms with Crippen molar-refractivity contribution in [1.82, 2.24) is 9.97 Å². The summed E-state index contributed by atoms with van der Waals surface area (Å²) in [4.78, 5) is 8.14. The van der Waals surface area contributed by atoms with E-state index in [4.69, 9.17) is 0 Å². The van der Waals surface area contributed by atoms with Gasteiger partial charge in [0.05, 0.1) is 5.69 Å². The fourth-order valence-corrected chi connectivity index (χ4v) is 5.76. The summed E-state index contributed by atoms with van der Waals surface area (Å²) in [5.41, 5.74) is 4.48. The molecular weight excluding hydrogens is 384 g/mol. The Kier molecular flexibility index (Phi) is 3.18. The molecule has 0 aliphatic rings. The molecule has 0 spiro atoms. The lowest BCUT2D eigenvalue weighted by atomic mass is 10.0. The number of hydrogen-bond acceptors (Lipinski definition) is 2. The van der Waals surface area contributed by atoms with Gasteiger partial charge < -0.3 is 4.98 Å². The van der Waals surface area contributed by atoms with Crippen LogP contribution in [0.4, 0.5) is 0 Å². The Morgan fingerprint density at radius 2 is 1.53 bits per heavy atom. The predicted octanol–water partition coefficient (Wildman–Crippen LogP) is 7.90. The van der Waals surface area contributed by atoms with Crippen LogP contribution in [0.1, 0.15) is 0 Å². The van der Waals surface area contributed by atoms with Crippen LogP contribution in [0, 0.1) is 0 Å². The first-order valence-corrected chi connectivity index (χ1v) is 10.9. The van der Waals surface area contributed by atoms with E-state index >= 15 is 0 Å². The van der Waals surface area contributed by atoms with Crippen LogP contribution in [0.3, 0.4) is 0 Å². The summed E-state index contributed by atoms with van der Waals surface area (Å²) in [6.07, 6.45) is 1.85. The number of rotatable bonds is 1. The second-order valence-corrected chi connectivity index (χ2v) is 8.84. The Labute approximate surface area is 176 Å². The van der Waals surface area contributed by atoms with Gasteiger partial charge in [0.15, 0.2) is 0 Å². The minimum absolute atomic E-state index is 1.00. The zero-order valence-corrected chi connectivity index (χ0v) is 16.8. The standard InChI is InChI=1S/C27H16N2S/c1-2-7-25-18(5-1)27-19-15-21-20-13-17(22-6-3-4-12-28-22)8-10-23(20)29-24(21)14-16(19)9-11-26(27)30-25/h1-15,29H. The molecule has 4 aromatic carbocycles. The third kappa shape index (κ3) is 2.21. The second-order valence-electron chi connectivity index (χ2n) is 7.76. The summed E-state index contributed by atoms with van der Waals surface area (Å²) in [6.45, 7) is 0. The normalized spacial score (nSPS) is 12.0. The largest absolute Gasteiger partial charge is 0.354 e. The van der Waals surface area contributed by atoms with E-state index in [0.717, 1.165) is 16.8 Å². The van der Waals surface area contributed by atoms with Crippen molar-refractivity contribution in [1.29, 1.82) is 0 Å². The maximum Gasteiger partial charge on any atom is 0.0702 e. The minimum Gasteiger partial charge on any atom is -0.354 e. The van der Waals surface area contributed by atoms with E-state index in [1.165, 1.54) is 47.2 Å². The van der Waals surface area contributed by atoms with E-state index in [2.05, 4.69) is 82.8 Å². The lowest BCUT2D eigenvalue weighted by Crippen LogP contribution is -1.81. The molecule has 3 heteroatoms. The van der Waals surface area contributed by atoms with Crippen LogP contribution in [0.2, 0.25) is 0 Å². The van der Waals surface area contributed by atoms with Gasteiger partial charge in [-0.15, -0.1) is 11.3 Å². The van der Waals surface area contributed by atoms with Crippen LogP contribution in [-0.2, 0) is 0 Å². The number of aromatic nitrogens is 2. The van der Waals surface area contributed by atoms with Gasteiger partial charge in [0, 0.05) is 53.7 Å². The zero-order chi connectivity index (χ0) is 19.7. The summed E-state index contributed by atoms with van der Waals surface area (Å²) < 4.78 is 2.69. The average Bonchev–Trinajstić information content (AvgIpc) is 3.35. The fourth-order valence-electron chi connectivity index (χ4n) is 4.64. The SMILES string of the molecule is c1ccc(-c2ccc3[nH]c4cc5ccc6sc7ccccc7c6c5cc4c3c2)nc1. The Hall–Kier alpha value is -3.69. The number of thiophene rings is 1. The van der Waals surface area contributed by atoms with Gasteiger partial charge in [0.2, 0.25) is 0 Å². The van der Waals surface area contributed by atoms with Crippen LogP contribution in [0.5, 0.6) is 0 Å². The smallest absolute Gasteiger partial charge is 0.0702 e. The quantitative estimate of drug-likeness (QED) is 0.298. The number of pyridine rings is 1. The van der Waals surface area contributed by atoms with E-state index < -0.39 is 0 Å². The third-order valence-corrected chi connectivity index (χ3v) is 7.17. The highest BCUT2D eigenvalue weighted by atomic mass is 32.1. The van der Waals surface area contributed by atoms with Gasteiger partial charge in [-0.3, -0.25) is 4.98 Å². The highest BCUT2D eigenvalue weighted by molar-refractivity contribution is 7.26. The van der Waals surface area contributed by atoms with Crippen molar-refractivity contribution >= 4 is 64.1 Å². The Bertz CT molecular complexity index is 1740. The molecule has 0 fully saturated rings. The maximum atomic E-state index is 4.53. The highest BCUT2D eigenvalue weighted by Gasteiger charge is 2.12. The van der Waals surface area contributed by atoms with Gasteiger partial charge in [0.1, 0.15) is 0 Å². The summed E-state index contributed by atoms with van der Waals surface area (Å²) in [5, 5.41) is 7.81. The maximum absolute atomic E-state index is 4.53. The molecule has 0 amide bonds. The molecule has 0 saturated carbocycles. The first-order valence-electron chi connectivity index (χ1n) is 10.1. The molecule has 7 aromatic rings. The van der Waals surface area contributed by atoms with Crippen molar-refractivity contribution in [2.24, 2.45) is 0 Å². The van der Waals surface area contributed by atoms with Crippen molar-refractivity contribution in [2.45, 2.75) is 0 Å². The molecule has 30 heavy (non-hydrogen) atoms. The summed E-state index contributed by atoms with van der Waals surface area (Å²) in [6, 6.07) is 30.5. The Balaban J connectivity index is 1.60. The molecule has 3 heterocycles. The third-order valence-electron chi connectivity index (χ3n) is 6.04. The molecule has 0 aliphatic carbocycles. The number of nitrogens with zero attached hydrogens (tertiary/aromatic N) is 1. The van der Waals surface area contributed by atoms with Crippen molar-refractivity contribution in [3.8, 4) is 11.3 Å². The van der Waals surface area contributed by atoms with E-state index in [9.17, 15) is 0 Å². The van der Waals surface area contributed by atoms with Crippen LogP contribution in [0.25, 0.3) is 64.0 Å². The van der Waals surface area contributed by atoms with Crippen molar-refractivity contribution < 1.29 is 0 Å². The average molecular weight is 401 g/mol. The van der Waals surface area contributed by atoms with Gasteiger partial charge in [-0.05, 0) is 59.3 Å². The molecule has 0 radical (unpaired) electrons. The van der Waals surface area contributed by atoms with E-state index in [1.807, 2.05) is 29.7 Å². The fraction of sp³-hybridized carbons (Fsp3) is 0. The van der Waals surface area contributed by atoms with Crippen LogP contribution >= 0.6 is 11.3 Å². The van der Waals surface area contributed by atoms with E-state index in [-0.39, 0.29) is 0 Å². The van der Waals surface area contributed by atoms with Crippen LogP contribution in [0.15, 0.2) is 91.1 Å². The molecule has 140 valence electrons. The molecule has 0 aliphatic heterocycles. The molecule has 0 unspecified atom stereocenters. The Morgan fingerprint density at radius 1 is 0.633 bits per heavy atom. The number of benzene rings is 4. The van der Waals surface area contributed by atoms with Gasteiger partial charge >= 0.3 is 0 Å². The van der Waals surface area contributed by atoms with Crippen molar-refractivity contribution in [2.75, 3.05) is 0 Å². The molecule has 0 atom stereocenters. The van der Waals surface area contributed by atoms with E-state index in [0.29, 0.717) is 0 Å². The summed E-state index contributed by atoms with van der Waals surface area (Å²) in [7, 11) is 0. The van der Waals surface area contributed by atoms with E-state index in [1.54, 1.807) is 0 Å². The van der Waals surface area contributed by atoms with Gasteiger partial charge in [-0.25, -0.2) is 0 Å². The molecular formula is C27H16N2S. The molecule has 3 aromatic heterocycles. The second kappa shape index (κ2) is 5.91. The number of aromatic amines is 1. The van der Waals surface area contributed by atoms with Gasteiger partial charge in [-0.2, -0.15) is 0 Å². The van der Waals surface area contributed by atoms with Gasteiger partial charge in [-0.1, -0.05) is 36.4 Å². The van der Waals surface area contributed by atoms with Crippen LogP contribution < -0.4 is 0 Å².